The number of hydrogen-bond acceptors (Lipinski definition) is 11. The summed E-state index contributed by atoms with van der Waals surface area (Å²) >= 11 is 0. The summed E-state index contributed by atoms with van der Waals surface area (Å²) in [4.78, 5) is 2.38. The van der Waals surface area contributed by atoms with E-state index in [1.807, 2.05) is 0 Å². The van der Waals surface area contributed by atoms with Crippen LogP contribution in [-0.4, -0.2) is 106 Å². The van der Waals surface area contributed by atoms with Gasteiger partial charge >= 0.3 is 0 Å². The molecule has 1 aromatic heterocycles. The Morgan fingerprint density at radius 1 is 0.956 bits per heavy atom. The molecule has 4 atom stereocenters. The highest BCUT2D eigenvalue weighted by Gasteiger charge is 2.36. The van der Waals surface area contributed by atoms with Crippen LogP contribution in [0, 0.1) is 5.92 Å². The van der Waals surface area contributed by atoms with Gasteiger partial charge in [-0.25, -0.2) is 0 Å². The summed E-state index contributed by atoms with van der Waals surface area (Å²) in [5, 5.41) is 17.8. The highest BCUT2D eigenvalue weighted by molar-refractivity contribution is 5.61. The number of aromatic nitrogens is 4. The average Bonchev–Trinajstić information content (AvgIpc) is 3.58. The number of H-pyrrole nitrogens is 1. The molecule has 12 heteroatoms. The number of fused-ring (bicyclic) bond motifs is 1. The number of ether oxygens (including phenoxy) is 6. The molecular weight excluding hydrogens is 576 g/mol. The van der Waals surface area contributed by atoms with Gasteiger partial charge in [0.05, 0.1) is 57.5 Å². The van der Waals surface area contributed by atoms with Crippen LogP contribution < -0.4 is 15.0 Å². The zero-order valence-corrected chi connectivity index (χ0v) is 26.8. The predicted molar refractivity (Wildman–Crippen MR) is 170 cm³/mol. The molecule has 0 saturated carbocycles. The normalized spacial score (nSPS) is 20.5. The van der Waals surface area contributed by atoms with E-state index in [-0.39, 0.29) is 18.1 Å². The first-order valence-corrected chi connectivity index (χ1v) is 16.0. The van der Waals surface area contributed by atoms with Crippen molar-refractivity contribution in [3.8, 4) is 5.75 Å². The van der Waals surface area contributed by atoms with Crippen molar-refractivity contribution in [3.63, 3.8) is 0 Å². The third-order valence-electron chi connectivity index (χ3n) is 8.25. The molecule has 0 spiro atoms. The molecule has 5 rings (SSSR count). The fourth-order valence-corrected chi connectivity index (χ4v) is 6.00. The van der Waals surface area contributed by atoms with E-state index >= 15 is 0 Å². The van der Waals surface area contributed by atoms with Crippen LogP contribution in [0.1, 0.15) is 41.8 Å². The van der Waals surface area contributed by atoms with E-state index < -0.39 is 0 Å². The minimum absolute atomic E-state index is 0.0414. The lowest BCUT2D eigenvalue weighted by atomic mass is 9.85. The number of nitrogens with zero attached hydrogens (tertiary/aromatic N) is 4. The smallest absolute Gasteiger partial charge is 0.176 e. The van der Waals surface area contributed by atoms with Crippen LogP contribution in [0.3, 0.4) is 0 Å². The number of hydrogen-bond donors (Lipinski definition) is 2. The molecule has 45 heavy (non-hydrogen) atoms. The van der Waals surface area contributed by atoms with Gasteiger partial charge in [-0.2, -0.15) is 5.21 Å². The summed E-state index contributed by atoms with van der Waals surface area (Å²) in [6.07, 6.45) is 1.39. The van der Waals surface area contributed by atoms with E-state index in [0.29, 0.717) is 57.8 Å². The van der Waals surface area contributed by atoms with Gasteiger partial charge in [-0.1, -0.05) is 42.5 Å². The van der Waals surface area contributed by atoms with E-state index in [1.54, 1.807) is 14.2 Å². The maximum absolute atomic E-state index is 6.69. The van der Waals surface area contributed by atoms with E-state index in [0.717, 1.165) is 61.8 Å². The standard InChI is InChI=1S/C33H48N6O6/c1-24(20-41-3)21-42-22-25-5-8-27(9-6-25)33-30(43-15-11-32-35-37-38-36-32)18-34-19-31(33)45-23-26-7-10-29-28(17-26)39(13-16-44-29)12-4-14-40-2/h5-10,17,24,30-31,33-34H,4,11-16,18-23H2,1-3H3,(H,35,36,37,38)/t24?,30-,31+,33+/m1/s1. The van der Waals surface area contributed by atoms with Gasteiger partial charge in [0.1, 0.15) is 12.4 Å². The first-order chi connectivity index (χ1) is 22.1. The number of nitrogens with one attached hydrogen (secondary N) is 2. The van der Waals surface area contributed by atoms with Gasteiger partial charge in [0, 0.05) is 58.7 Å². The van der Waals surface area contributed by atoms with Gasteiger partial charge in [0.15, 0.2) is 5.82 Å². The molecule has 0 amide bonds. The largest absolute Gasteiger partial charge is 0.490 e. The molecule has 2 aliphatic rings. The second kappa shape index (κ2) is 17.5. The van der Waals surface area contributed by atoms with Crippen molar-refractivity contribution in [2.24, 2.45) is 5.92 Å². The Morgan fingerprint density at radius 3 is 2.56 bits per heavy atom. The Morgan fingerprint density at radius 2 is 1.78 bits per heavy atom. The quantitative estimate of drug-likeness (QED) is 0.203. The van der Waals surface area contributed by atoms with Crippen molar-refractivity contribution in [2.75, 3.05) is 78.3 Å². The Hall–Kier alpha value is -3.13. The molecule has 0 bridgehead atoms. The van der Waals surface area contributed by atoms with E-state index in [2.05, 4.69) is 80.2 Å². The number of piperidine rings is 1. The molecule has 0 radical (unpaired) electrons. The summed E-state index contributed by atoms with van der Waals surface area (Å²) in [7, 11) is 3.46. The van der Waals surface area contributed by atoms with Crippen LogP contribution in [0.15, 0.2) is 42.5 Å². The number of anilines is 1. The van der Waals surface area contributed by atoms with E-state index in [1.165, 1.54) is 5.56 Å². The van der Waals surface area contributed by atoms with Crippen molar-refractivity contribution >= 4 is 5.69 Å². The van der Waals surface area contributed by atoms with Crippen molar-refractivity contribution in [1.29, 1.82) is 0 Å². The summed E-state index contributed by atoms with van der Waals surface area (Å²) in [6, 6.07) is 15.0. The van der Waals surface area contributed by atoms with E-state index in [4.69, 9.17) is 28.4 Å². The Kier molecular flexibility index (Phi) is 13.0. The summed E-state index contributed by atoms with van der Waals surface area (Å²) in [5.41, 5.74) is 4.56. The van der Waals surface area contributed by atoms with Gasteiger partial charge in [-0.15, -0.1) is 10.2 Å². The summed E-state index contributed by atoms with van der Waals surface area (Å²) < 4.78 is 35.5. The van der Waals surface area contributed by atoms with Crippen LogP contribution in [0.5, 0.6) is 5.75 Å². The third-order valence-corrected chi connectivity index (χ3v) is 8.25. The van der Waals surface area contributed by atoms with Gasteiger partial charge < -0.3 is 38.6 Å². The molecule has 1 saturated heterocycles. The second-order valence-electron chi connectivity index (χ2n) is 11.8. The molecule has 1 fully saturated rings. The average molecular weight is 625 g/mol. The van der Waals surface area contributed by atoms with Gasteiger partial charge in [-0.05, 0) is 35.2 Å². The Bertz CT molecular complexity index is 1260. The highest BCUT2D eigenvalue weighted by atomic mass is 16.5. The first kappa shape index (κ1) is 33.2. The topological polar surface area (TPSA) is 125 Å². The fraction of sp³-hybridized carbons (Fsp3) is 0.606. The van der Waals surface area contributed by atoms with Crippen molar-refractivity contribution in [2.45, 2.75) is 51.1 Å². The van der Waals surface area contributed by atoms with E-state index in [9.17, 15) is 0 Å². The fourth-order valence-electron chi connectivity index (χ4n) is 6.00. The third kappa shape index (κ3) is 9.68. The monoisotopic (exact) mass is 624 g/mol. The van der Waals surface area contributed by atoms with Crippen molar-refractivity contribution in [1.82, 2.24) is 25.9 Å². The van der Waals surface area contributed by atoms with Gasteiger partial charge in [0.2, 0.25) is 0 Å². The minimum atomic E-state index is -0.0870. The number of tetrazole rings is 1. The highest BCUT2D eigenvalue weighted by Crippen LogP contribution is 2.34. The molecule has 0 aliphatic carbocycles. The maximum atomic E-state index is 6.69. The molecule has 2 aromatic carbocycles. The van der Waals surface area contributed by atoms with Crippen LogP contribution in [0.25, 0.3) is 0 Å². The molecule has 12 nitrogen and oxygen atoms in total. The summed E-state index contributed by atoms with van der Waals surface area (Å²) in [5.74, 6) is 1.96. The Balaban J connectivity index is 1.26. The van der Waals surface area contributed by atoms with Crippen LogP contribution in [0.4, 0.5) is 5.69 Å². The van der Waals surface area contributed by atoms with Crippen LogP contribution in [0.2, 0.25) is 0 Å². The van der Waals surface area contributed by atoms with Crippen molar-refractivity contribution < 1.29 is 28.4 Å². The van der Waals surface area contributed by atoms with Crippen LogP contribution in [-0.2, 0) is 43.3 Å². The molecular formula is C33H48N6O6. The van der Waals surface area contributed by atoms with Gasteiger partial charge in [-0.3, -0.25) is 0 Å². The first-order valence-electron chi connectivity index (χ1n) is 16.0. The summed E-state index contributed by atoms with van der Waals surface area (Å²) in [6.45, 7) is 9.71. The Labute approximate surface area is 266 Å². The zero-order valence-electron chi connectivity index (χ0n) is 26.8. The number of benzene rings is 2. The maximum Gasteiger partial charge on any atom is 0.176 e. The lowest BCUT2D eigenvalue weighted by molar-refractivity contribution is -0.0594. The molecule has 246 valence electrons. The molecule has 2 aliphatic heterocycles. The van der Waals surface area contributed by atoms with Gasteiger partial charge in [0.25, 0.3) is 0 Å². The molecule has 3 heterocycles. The number of aromatic amines is 1. The second-order valence-corrected chi connectivity index (χ2v) is 11.8. The van der Waals surface area contributed by atoms with Crippen LogP contribution >= 0.6 is 0 Å². The molecule has 2 N–H and O–H groups in total. The predicted octanol–water partition coefficient (Wildman–Crippen LogP) is 3.13. The minimum Gasteiger partial charge on any atom is -0.490 e. The number of rotatable bonds is 18. The number of methoxy groups -OCH3 is 2. The SMILES string of the molecule is COCCCN1CCOc2ccc(CO[C@H]3CNC[C@@H](OCCc4nn[nH]n4)[C@@H]3c3ccc(COCC(C)COC)cc3)cc21. The zero-order chi connectivity index (χ0) is 31.3. The molecule has 3 aromatic rings. The molecule has 1 unspecified atom stereocenters. The lowest BCUT2D eigenvalue weighted by Crippen LogP contribution is -2.50. The van der Waals surface area contributed by atoms with Crippen molar-refractivity contribution in [3.05, 3.63) is 65.0 Å². The lowest BCUT2D eigenvalue weighted by Gasteiger charge is -2.39.